The van der Waals surface area contributed by atoms with Crippen molar-refractivity contribution in [2.45, 2.75) is 6.42 Å². The Kier molecular flexibility index (Phi) is 6.99. The van der Waals surface area contributed by atoms with E-state index in [9.17, 15) is 0 Å². The zero-order valence-corrected chi connectivity index (χ0v) is 13.7. The standard InChI is InChI=1S/C13H18N6.HI/c1-3-8-15-13(14-2)16-9-7-12-18-17-11-6-4-5-10-19(11)12;/h3-6,10H,1,7-9H2,2H3,(H2,14,15,16);1H. The van der Waals surface area contributed by atoms with E-state index < -0.39 is 0 Å². The first kappa shape index (κ1) is 16.4. The second-order valence-corrected chi connectivity index (χ2v) is 3.96. The minimum Gasteiger partial charge on any atom is -0.356 e. The zero-order valence-electron chi connectivity index (χ0n) is 11.4. The molecule has 0 amide bonds. The highest BCUT2D eigenvalue weighted by atomic mass is 127. The molecule has 0 unspecified atom stereocenters. The molecular formula is C13H19IN6. The van der Waals surface area contributed by atoms with E-state index in [0.717, 1.165) is 30.4 Å². The lowest BCUT2D eigenvalue weighted by atomic mass is 10.4. The van der Waals surface area contributed by atoms with E-state index in [0.29, 0.717) is 6.54 Å². The topological polar surface area (TPSA) is 66.6 Å². The quantitative estimate of drug-likeness (QED) is 0.351. The molecule has 0 bridgehead atoms. The van der Waals surface area contributed by atoms with Gasteiger partial charge in [0.25, 0.3) is 0 Å². The summed E-state index contributed by atoms with van der Waals surface area (Å²) in [5.41, 5.74) is 0.867. The zero-order chi connectivity index (χ0) is 13.5. The number of nitrogens with zero attached hydrogens (tertiary/aromatic N) is 4. The van der Waals surface area contributed by atoms with Gasteiger partial charge in [0.2, 0.25) is 0 Å². The van der Waals surface area contributed by atoms with Crippen LogP contribution in [-0.2, 0) is 6.42 Å². The number of fused-ring (bicyclic) bond motifs is 1. The van der Waals surface area contributed by atoms with Gasteiger partial charge in [-0.05, 0) is 12.1 Å². The first-order chi connectivity index (χ1) is 9.35. The third-order valence-corrected chi connectivity index (χ3v) is 2.66. The molecule has 6 nitrogen and oxygen atoms in total. The Morgan fingerprint density at radius 2 is 2.25 bits per heavy atom. The number of hydrogen-bond acceptors (Lipinski definition) is 3. The van der Waals surface area contributed by atoms with Crippen LogP contribution in [0.15, 0.2) is 42.0 Å². The highest BCUT2D eigenvalue weighted by Crippen LogP contribution is 2.02. The van der Waals surface area contributed by atoms with E-state index in [4.69, 9.17) is 0 Å². The van der Waals surface area contributed by atoms with Crippen molar-refractivity contribution in [1.82, 2.24) is 25.2 Å². The molecule has 2 rings (SSSR count). The average molecular weight is 386 g/mol. The summed E-state index contributed by atoms with van der Waals surface area (Å²) in [5, 5.41) is 14.6. The maximum atomic E-state index is 4.18. The molecule has 0 atom stereocenters. The number of aromatic nitrogens is 3. The van der Waals surface area contributed by atoms with Crippen LogP contribution in [-0.4, -0.2) is 40.7 Å². The molecule has 0 radical (unpaired) electrons. The van der Waals surface area contributed by atoms with Gasteiger partial charge in [-0.15, -0.1) is 40.8 Å². The molecule has 108 valence electrons. The fourth-order valence-corrected chi connectivity index (χ4v) is 1.74. The second-order valence-electron chi connectivity index (χ2n) is 3.96. The van der Waals surface area contributed by atoms with Gasteiger partial charge in [0.15, 0.2) is 11.6 Å². The van der Waals surface area contributed by atoms with E-state index in [1.54, 1.807) is 13.1 Å². The molecule has 0 aliphatic heterocycles. The summed E-state index contributed by atoms with van der Waals surface area (Å²) >= 11 is 0. The van der Waals surface area contributed by atoms with E-state index >= 15 is 0 Å². The van der Waals surface area contributed by atoms with E-state index in [2.05, 4.69) is 32.4 Å². The summed E-state index contributed by atoms with van der Waals surface area (Å²) in [6.45, 7) is 5.09. The molecule has 0 spiro atoms. The maximum absolute atomic E-state index is 4.18. The van der Waals surface area contributed by atoms with Gasteiger partial charge in [0.05, 0.1) is 0 Å². The summed E-state index contributed by atoms with van der Waals surface area (Å²) < 4.78 is 1.99. The van der Waals surface area contributed by atoms with E-state index in [-0.39, 0.29) is 24.0 Å². The van der Waals surface area contributed by atoms with Crippen molar-refractivity contribution in [1.29, 1.82) is 0 Å². The van der Waals surface area contributed by atoms with Crippen molar-refractivity contribution in [2.75, 3.05) is 20.1 Å². The van der Waals surface area contributed by atoms with Gasteiger partial charge in [-0.1, -0.05) is 12.1 Å². The summed E-state index contributed by atoms with van der Waals surface area (Å²) in [4.78, 5) is 4.11. The van der Waals surface area contributed by atoms with Gasteiger partial charge in [0.1, 0.15) is 5.82 Å². The Hall–Kier alpha value is -1.64. The van der Waals surface area contributed by atoms with Crippen LogP contribution in [0.5, 0.6) is 0 Å². The van der Waals surface area contributed by atoms with Crippen molar-refractivity contribution in [3.05, 3.63) is 42.9 Å². The molecule has 0 saturated carbocycles. The fourth-order valence-electron chi connectivity index (χ4n) is 1.74. The third kappa shape index (κ3) is 4.19. The molecule has 7 heteroatoms. The SMILES string of the molecule is C=CCNC(=NC)NCCc1nnc2ccccn12.I. The largest absolute Gasteiger partial charge is 0.356 e. The van der Waals surface area contributed by atoms with Crippen LogP contribution in [0.2, 0.25) is 0 Å². The number of pyridine rings is 1. The van der Waals surface area contributed by atoms with Crippen LogP contribution in [0, 0.1) is 0 Å². The number of hydrogen-bond donors (Lipinski definition) is 2. The molecule has 0 fully saturated rings. The van der Waals surface area contributed by atoms with E-state index in [1.165, 1.54) is 0 Å². The van der Waals surface area contributed by atoms with Gasteiger partial charge in [-0.25, -0.2) is 0 Å². The summed E-state index contributed by atoms with van der Waals surface area (Å²) in [7, 11) is 1.74. The molecule has 0 aliphatic rings. The molecule has 2 heterocycles. The Morgan fingerprint density at radius 1 is 1.40 bits per heavy atom. The Morgan fingerprint density at radius 3 is 3.00 bits per heavy atom. The predicted octanol–water partition coefficient (Wildman–Crippen LogP) is 1.24. The van der Waals surface area contributed by atoms with Gasteiger partial charge >= 0.3 is 0 Å². The molecule has 0 aliphatic carbocycles. The van der Waals surface area contributed by atoms with Gasteiger partial charge in [0, 0.05) is 32.8 Å². The lowest BCUT2D eigenvalue weighted by molar-refractivity contribution is 0.774. The van der Waals surface area contributed by atoms with Crippen molar-refractivity contribution in [2.24, 2.45) is 4.99 Å². The number of nitrogens with one attached hydrogen (secondary N) is 2. The van der Waals surface area contributed by atoms with Gasteiger partial charge in [-0.3, -0.25) is 9.39 Å². The monoisotopic (exact) mass is 386 g/mol. The van der Waals surface area contributed by atoms with Crippen LogP contribution >= 0.6 is 24.0 Å². The summed E-state index contributed by atoms with van der Waals surface area (Å²) in [5.74, 6) is 1.69. The normalized spacial score (nSPS) is 10.9. The van der Waals surface area contributed by atoms with Gasteiger partial charge in [-0.2, -0.15) is 0 Å². The molecule has 20 heavy (non-hydrogen) atoms. The predicted molar refractivity (Wildman–Crippen MR) is 91.7 cm³/mol. The first-order valence-corrected chi connectivity index (χ1v) is 6.19. The fraction of sp³-hybridized carbons (Fsp3) is 0.308. The van der Waals surface area contributed by atoms with Crippen LogP contribution in [0.25, 0.3) is 5.65 Å². The van der Waals surface area contributed by atoms with Crippen molar-refractivity contribution in [3.63, 3.8) is 0 Å². The number of aliphatic imine (C=N–C) groups is 1. The third-order valence-electron chi connectivity index (χ3n) is 2.66. The lowest BCUT2D eigenvalue weighted by Gasteiger charge is -2.09. The maximum Gasteiger partial charge on any atom is 0.191 e. The molecule has 2 aromatic rings. The molecule has 2 N–H and O–H groups in total. The minimum atomic E-state index is 0. The smallest absolute Gasteiger partial charge is 0.191 e. The van der Waals surface area contributed by atoms with Crippen LogP contribution in [0.3, 0.4) is 0 Å². The molecule has 2 aromatic heterocycles. The minimum absolute atomic E-state index is 0. The first-order valence-electron chi connectivity index (χ1n) is 6.19. The number of guanidine groups is 1. The molecule has 0 saturated heterocycles. The highest BCUT2D eigenvalue weighted by molar-refractivity contribution is 14.0. The lowest BCUT2D eigenvalue weighted by Crippen LogP contribution is -2.38. The molecule has 0 aromatic carbocycles. The van der Waals surface area contributed by atoms with Crippen molar-refractivity contribution >= 4 is 35.6 Å². The summed E-state index contributed by atoms with van der Waals surface area (Å²) in [6, 6.07) is 5.86. The van der Waals surface area contributed by atoms with Crippen LogP contribution in [0.1, 0.15) is 5.82 Å². The summed E-state index contributed by atoms with van der Waals surface area (Å²) in [6.07, 6.45) is 4.54. The number of rotatable bonds is 5. The van der Waals surface area contributed by atoms with Crippen molar-refractivity contribution in [3.8, 4) is 0 Å². The van der Waals surface area contributed by atoms with E-state index in [1.807, 2.05) is 28.8 Å². The average Bonchev–Trinajstić information content (AvgIpc) is 2.86. The number of halogens is 1. The highest BCUT2D eigenvalue weighted by Gasteiger charge is 2.04. The van der Waals surface area contributed by atoms with Crippen LogP contribution in [0.4, 0.5) is 0 Å². The van der Waals surface area contributed by atoms with Crippen LogP contribution < -0.4 is 10.6 Å². The van der Waals surface area contributed by atoms with Crippen molar-refractivity contribution < 1.29 is 0 Å². The van der Waals surface area contributed by atoms with Gasteiger partial charge < -0.3 is 10.6 Å². The Labute approximate surface area is 135 Å². The second kappa shape index (κ2) is 8.51. The Bertz CT molecular complexity index is 577. The molecular weight excluding hydrogens is 367 g/mol. The Balaban J connectivity index is 0.00000200.